The summed E-state index contributed by atoms with van der Waals surface area (Å²) >= 11 is 0. The second-order valence-corrected chi connectivity index (χ2v) is 2.80. The second kappa shape index (κ2) is 4.46. The highest BCUT2D eigenvalue weighted by atomic mass is 19.2. The highest BCUT2D eigenvalue weighted by Gasteiger charge is 2.26. The zero-order chi connectivity index (χ0) is 12.5. The summed E-state index contributed by atoms with van der Waals surface area (Å²) in [4.78, 5) is 10.7. The van der Waals surface area contributed by atoms with Gasteiger partial charge in [0.05, 0.1) is 13.5 Å². The number of hydrogen-bond acceptors (Lipinski definition) is 2. The Morgan fingerprint density at radius 1 is 0.938 bits per heavy atom. The van der Waals surface area contributed by atoms with Gasteiger partial charge in [0.25, 0.3) is 0 Å². The molecule has 0 N–H and O–H groups in total. The fraction of sp³-hybridized carbons (Fsp3) is 0.222. The predicted octanol–water partition coefficient (Wildman–Crippen LogP) is 2.10. The molecule has 0 spiro atoms. The van der Waals surface area contributed by atoms with Crippen molar-refractivity contribution in [1.29, 1.82) is 0 Å². The van der Waals surface area contributed by atoms with Crippen molar-refractivity contribution in [2.75, 3.05) is 7.11 Å². The number of benzene rings is 1. The molecule has 1 rings (SSSR count). The molecule has 0 aromatic heterocycles. The number of carbonyl (C=O) groups is 1. The molecule has 0 heterocycles. The van der Waals surface area contributed by atoms with Gasteiger partial charge in [-0.25, -0.2) is 22.0 Å². The van der Waals surface area contributed by atoms with Crippen molar-refractivity contribution >= 4 is 5.97 Å². The fourth-order valence-electron chi connectivity index (χ4n) is 1.02. The van der Waals surface area contributed by atoms with Gasteiger partial charge in [-0.1, -0.05) is 0 Å². The first-order chi connectivity index (χ1) is 7.40. The Morgan fingerprint density at radius 3 is 1.69 bits per heavy atom. The van der Waals surface area contributed by atoms with Crippen LogP contribution in [0.15, 0.2) is 0 Å². The molecule has 16 heavy (non-hydrogen) atoms. The summed E-state index contributed by atoms with van der Waals surface area (Å²) in [6.45, 7) is 0. The lowest BCUT2D eigenvalue weighted by Crippen LogP contribution is -2.13. The first-order valence-electron chi connectivity index (χ1n) is 3.97. The van der Waals surface area contributed by atoms with Gasteiger partial charge in [-0.3, -0.25) is 4.79 Å². The maximum atomic E-state index is 13.0. The summed E-state index contributed by atoms with van der Waals surface area (Å²) in [6.07, 6.45) is -1.03. The van der Waals surface area contributed by atoms with Gasteiger partial charge in [0.15, 0.2) is 23.3 Å². The van der Waals surface area contributed by atoms with E-state index < -0.39 is 47.0 Å². The van der Waals surface area contributed by atoms with Crippen LogP contribution in [0, 0.1) is 29.1 Å². The summed E-state index contributed by atoms with van der Waals surface area (Å²) in [5, 5.41) is 0. The van der Waals surface area contributed by atoms with Crippen LogP contribution in [0.2, 0.25) is 0 Å². The number of esters is 1. The van der Waals surface area contributed by atoms with Gasteiger partial charge in [-0.05, 0) is 0 Å². The molecule has 88 valence electrons. The van der Waals surface area contributed by atoms with Gasteiger partial charge in [0.1, 0.15) is 0 Å². The molecule has 0 bridgehead atoms. The van der Waals surface area contributed by atoms with E-state index in [1.165, 1.54) is 0 Å². The molecule has 0 saturated heterocycles. The minimum atomic E-state index is -2.26. The van der Waals surface area contributed by atoms with Crippen LogP contribution in [-0.2, 0) is 16.0 Å². The van der Waals surface area contributed by atoms with Gasteiger partial charge in [0.2, 0.25) is 5.82 Å². The molecule has 0 aliphatic carbocycles. The van der Waals surface area contributed by atoms with E-state index in [0.29, 0.717) is 0 Å². The summed E-state index contributed by atoms with van der Waals surface area (Å²) in [7, 11) is 0.925. The number of methoxy groups -OCH3 is 1. The Labute approximate surface area is 86.6 Å². The third kappa shape index (κ3) is 1.98. The van der Waals surface area contributed by atoms with E-state index >= 15 is 0 Å². The van der Waals surface area contributed by atoms with Crippen LogP contribution in [0.1, 0.15) is 5.56 Å². The van der Waals surface area contributed by atoms with E-state index in [9.17, 15) is 26.7 Å². The molecule has 0 amide bonds. The molecule has 2 nitrogen and oxygen atoms in total. The SMILES string of the molecule is COC(=O)Cc1c(F)c(F)c(F)c(F)c1F. The maximum Gasteiger partial charge on any atom is 0.310 e. The molecule has 0 atom stereocenters. The fourth-order valence-corrected chi connectivity index (χ4v) is 1.02. The predicted molar refractivity (Wildman–Crippen MR) is 42.0 cm³/mol. The molecule has 0 saturated carbocycles. The highest BCUT2D eigenvalue weighted by molar-refractivity contribution is 5.72. The topological polar surface area (TPSA) is 26.3 Å². The highest BCUT2D eigenvalue weighted by Crippen LogP contribution is 2.23. The summed E-state index contributed by atoms with van der Waals surface area (Å²) in [5.41, 5.74) is -1.21. The first kappa shape index (κ1) is 12.4. The molecule has 0 aliphatic rings. The third-order valence-corrected chi connectivity index (χ3v) is 1.85. The van der Waals surface area contributed by atoms with E-state index in [4.69, 9.17) is 0 Å². The van der Waals surface area contributed by atoms with Crippen LogP contribution in [0.3, 0.4) is 0 Å². The largest absolute Gasteiger partial charge is 0.469 e. The van der Waals surface area contributed by atoms with Crippen LogP contribution in [0.5, 0.6) is 0 Å². The van der Waals surface area contributed by atoms with Crippen LogP contribution in [-0.4, -0.2) is 13.1 Å². The summed E-state index contributed by atoms with van der Waals surface area (Å²) in [5.74, 6) is -11.6. The van der Waals surface area contributed by atoms with E-state index in [2.05, 4.69) is 4.74 Å². The van der Waals surface area contributed by atoms with Crippen molar-refractivity contribution in [3.8, 4) is 0 Å². The first-order valence-corrected chi connectivity index (χ1v) is 3.97. The monoisotopic (exact) mass is 240 g/mol. The standard InChI is InChI=1S/C9H5F5O2/c1-16-4(15)2-3-5(10)7(12)9(14)8(13)6(3)11/h2H2,1H3. The van der Waals surface area contributed by atoms with E-state index in [1.54, 1.807) is 0 Å². The van der Waals surface area contributed by atoms with Crippen molar-refractivity contribution in [1.82, 2.24) is 0 Å². The van der Waals surface area contributed by atoms with Crippen molar-refractivity contribution in [2.24, 2.45) is 0 Å². The summed E-state index contributed by atoms with van der Waals surface area (Å²) in [6, 6.07) is 0. The number of rotatable bonds is 2. The third-order valence-electron chi connectivity index (χ3n) is 1.85. The van der Waals surface area contributed by atoms with E-state index in [-0.39, 0.29) is 0 Å². The van der Waals surface area contributed by atoms with Crippen LogP contribution < -0.4 is 0 Å². The molecule has 0 fully saturated rings. The molecule has 0 aliphatic heterocycles. The van der Waals surface area contributed by atoms with Crippen molar-refractivity contribution in [2.45, 2.75) is 6.42 Å². The Bertz CT molecular complexity index is 415. The zero-order valence-electron chi connectivity index (χ0n) is 7.91. The minimum absolute atomic E-state index is 0.925. The minimum Gasteiger partial charge on any atom is -0.469 e. The lowest BCUT2D eigenvalue weighted by molar-refractivity contribution is -0.139. The van der Waals surface area contributed by atoms with Crippen molar-refractivity contribution < 1.29 is 31.5 Å². The van der Waals surface area contributed by atoms with E-state index in [0.717, 1.165) is 7.11 Å². The number of carbonyl (C=O) groups excluding carboxylic acids is 1. The molecule has 1 aromatic rings. The van der Waals surface area contributed by atoms with Crippen LogP contribution >= 0.6 is 0 Å². The van der Waals surface area contributed by atoms with Crippen molar-refractivity contribution in [3.63, 3.8) is 0 Å². The van der Waals surface area contributed by atoms with Gasteiger partial charge in [-0.2, -0.15) is 0 Å². The Kier molecular flexibility index (Phi) is 3.46. The lowest BCUT2D eigenvalue weighted by atomic mass is 10.1. The Morgan fingerprint density at radius 2 is 1.31 bits per heavy atom. The molecule has 1 aromatic carbocycles. The average Bonchev–Trinajstić information content (AvgIpc) is 2.29. The quantitative estimate of drug-likeness (QED) is 0.342. The van der Waals surface area contributed by atoms with Gasteiger partial charge >= 0.3 is 5.97 Å². The lowest BCUT2D eigenvalue weighted by Gasteiger charge is -2.06. The Balaban J connectivity index is 3.34. The molecule has 0 unspecified atom stereocenters. The maximum absolute atomic E-state index is 13.0. The average molecular weight is 240 g/mol. The van der Waals surface area contributed by atoms with Gasteiger partial charge < -0.3 is 4.74 Å². The second-order valence-electron chi connectivity index (χ2n) is 2.80. The number of halogens is 5. The summed E-state index contributed by atoms with van der Waals surface area (Å²) < 4.78 is 67.9. The van der Waals surface area contributed by atoms with Gasteiger partial charge in [0, 0.05) is 5.56 Å². The van der Waals surface area contributed by atoms with Crippen LogP contribution in [0.4, 0.5) is 22.0 Å². The molecular formula is C9H5F5O2. The Hall–Kier alpha value is -1.66. The van der Waals surface area contributed by atoms with Crippen LogP contribution in [0.25, 0.3) is 0 Å². The smallest absolute Gasteiger partial charge is 0.310 e. The van der Waals surface area contributed by atoms with Gasteiger partial charge in [-0.15, -0.1) is 0 Å². The molecule has 7 heteroatoms. The normalized spacial score (nSPS) is 10.4. The van der Waals surface area contributed by atoms with E-state index in [1.807, 2.05) is 0 Å². The van der Waals surface area contributed by atoms with Crippen molar-refractivity contribution in [3.05, 3.63) is 34.6 Å². The zero-order valence-corrected chi connectivity index (χ0v) is 7.91. The number of ether oxygens (including phenoxy) is 1. The molecule has 0 radical (unpaired) electrons. The molecular weight excluding hydrogens is 235 g/mol. The number of hydrogen-bond donors (Lipinski definition) is 0.